The van der Waals surface area contributed by atoms with Crippen molar-refractivity contribution in [1.82, 2.24) is 10.3 Å². The molecule has 1 heterocycles. The molecule has 24 heavy (non-hydrogen) atoms. The molecule has 3 aliphatic rings. The number of alkyl halides is 3. The zero-order valence-corrected chi connectivity index (χ0v) is 13.6. The molecule has 3 fully saturated rings. The fraction of sp³-hybridized carbons (Fsp3) is 0.667. The molecule has 0 unspecified atom stereocenters. The maximum absolute atomic E-state index is 12.7. The molecule has 3 nitrogen and oxygen atoms in total. The van der Waals surface area contributed by atoms with Crippen LogP contribution in [0.5, 0.6) is 0 Å². The monoisotopic (exact) mass is 338 g/mol. The van der Waals surface area contributed by atoms with Crippen LogP contribution in [0.1, 0.15) is 53.8 Å². The van der Waals surface area contributed by atoms with E-state index in [2.05, 4.69) is 10.3 Å². The number of carbonyl (C=O) groups is 1. The minimum absolute atomic E-state index is 0.129. The number of aryl methyl sites for hydroxylation is 1. The third kappa shape index (κ3) is 2.50. The highest BCUT2D eigenvalue weighted by Gasteiger charge is 2.54. The van der Waals surface area contributed by atoms with Crippen LogP contribution >= 0.6 is 0 Å². The van der Waals surface area contributed by atoms with Gasteiger partial charge in [0.05, 0.1) is 11.3 Å². The fourth-order valence-electron chi connectivity index (χ4n) is 5.44. The predicted octanol–water partition coefficient (Wildman–Crippen LogP) is 3.96. The van der Waals surface area contributed by atoms with Crippen LogP contribution in [0.4, 0.5) is 13.2 Å². The first kappa shape index (κ1) is 15.9. The molecule has 1 N–H and O–H groups in total. The van der Waals surface area contributed by atoms with Crippen molar-refractivity contribution in [2.24, 2.45) is 23.7 Å². The molecule has 0 saturated heterocycles. The standard InChI is InChI=1S/C18H21F3N2O/c1-9-11(5-6-16(22-9)18(19,20)21)17(24)23-15-8-10-7-14(15)13-4-2-3-12(10)13/h5-6,10,12-15H,2-4,7-8H2,1H3,(H,23,24)/t10-,12+,13-,14+,15-/m1/s1. The minimum Gasteiger partial charge on any atom is -0.349 e. The molecule has 130 valence electrons. The molecular formula is C18H21F3N2O. The number of nitrogens with one attached hydrogen (secondary N) is 1. The summed E-state index contributed by atoms with van der Waals surface area (Å²) in [6, 6.07) is 2.30. The van der Waals surface area contributed by atoms with Crippen LogP contribution in [0.2, 0.25) is 0 Å². The van der Waals surface area contributed by atoms with E-state index < -0.39 is 11.9 Å². The SMILES string of the molecule is Cc1nc(C(F)(F)F)ccc1C(=O)N[C@@H]1C[C@H]2C[C@H]1[C@@H]1CCC[C@@H]21. The van der Waals surface area contributed by atoms with Crippen LogP contribution in [0.25, 0.3) is 0 Å². The number of nitrogens with zero attached hydrogens (tertiary/aromatic N) is 1. The largest absolute Gasteiger partial charge is 0.433 e. The number of rotatable bonds is 2. The van der Waals surface area contributed by atoms with Crippen LogP contribution in [-0.4, -0.2) is 16.9 Å². The summed E-state index contributed by atoms with van der Waals surface area (Å²) in [7, 11) is 0. The van der Waals surface area contributed by atoms with Gasteiger partial charge in [0.2, 0.25) is 0 Å². The number of fused-ring (bicyclic) bond motifs is 5. The van der Waals surface area contributed by atoms with Crippen molar-refractivity contribution in [1.29, 1.82) is 0 Å². The van der Waals surface area contributed by atoms with E-state index in [1.165, 1.54) is 38.7 Å². The highest BCUT2D eigenvalue weighted by molar-refractivity contribution is 5.95. The molecular weight excluding hydrogens is 317 g/mol. The summed E-state index contributed by atoms with van der Waals surface area (Å²) in [6.07, 6.45) is 1.62. The molecule has 0 spiro atoms. The maximum atomic E-state index is 12.7. The van der Waals surface area contributed by atoms with Crippen molar-refractivity contribution < 1.29 is 18.0 Å². The van der Waals surface area contributed by atoms with Crippen molar-refractivity contribution in [3.8, 4) is 0 Å². The summed E-state index contributed by atoms with van der Waals surface area (Å²) in [4.78, 5) is 16.1. The highest BCUT2D eigenvalue weighted by Crippen LogP contribution is 2.58. The molecule has 4 rings (SSSR count). The Morgan fingerprint density at radius 2 is 1.92 bits per heavy atom. The fourth-order valence-corrected chi connectivity index (χ4v) is 5.44. The van der Waals surface area contributed by atoms with Gasteiger partial charge in [-0.1, -0.05) is 6.42 Å². The van der Waals surface area contributed by atoms with Crippen LogP contribution < -0.4 is 5.32 Å². The number of pyridine rings is 1. The van der Waals surface area contributed by atoms with Gasteiger partial charge in [-0.3, -0.25) is 4.79 Å². The minimum atomic E-state index is -4.48. The van der Waals surface area contributed by atoms with E-state index in [0.717, 1.165) is 30.2 Å². The first-order valence-electron chi connectivity index (χ1n) is 8.70. The molecule has 1 aromatic rings. The van der Waals surface area contributed by atoms with E-state index in [1.54, 1.807) is 0 Å². The van der Waals surface area contributed by atoms with Gasteiger partial charge in [-0.2, -0.15) is 13.2 Å². The third-order valence-electron chi connectivity index (χ3n) is 6.37. The Balaban J connectivity index is 1.47. The number of hydrogen-bond donors (Lipinski definition) is 1. The summed E-state index contributed by atoms with van der Waals surface area (Å²) < 4.78 is 38.1. The van der Waals surface area contributed by atoms with Crippen molar-refractivity contribution in [2.45, 2.75) is 51.2 Å². The second kappa shape index (κ2) is 5.46. The van der Waals surface area contributed by atoms with Gasteiger partial charge >= 0.3 is 6.18 Å². The molecule has 1 aromatic heterocycles. The number of amides is 1. The Morgan fingerprint density at radius 1 is 1.17 bits per heavy atom. The average Bonchev–Trinajstić information content (AvgIpc) is 3.18. The van der Waals surface area contributed by atoms with Gasteiger partial charge in [0, 0.05) is 6.04 Å². The zero-order chi connectivity index (χ0) is 17.1. The van der Waals surface area contributed by atoms with Crippen LogP contribution in [0.3, 0.4) is 0 Å². The van der Waals surface area contributed by atoms with Crippen molar-refractivity contribution >= 4 is 5.91 Å². The van der Waals surface area contributed by atoms with E-state index in [9.17, 15) is 18.0 Å². The molecule has 5 atom stereocenters. The Bertz CT molecular complexity index is 673. The number of aromatic nitrogens is 1. The smallest absolute Gasteiger partial charge is 0.349 e. The molecule has 3 saturated carbocycles. The van der Waals surface area contributed by atoms with Crippen LogP contribution in [-0.2, 0) is 6.18 Å². The van der Waals surface area contributed by atoms with Crippen LogP contribution in [0, 0.1) is 30.6 Å². The van der Waals surface area contributed by atoms with Gasteiger partial charge in [0.15, 0.2) is 0 Å². The van der Waals surface area contributed by atoms with Crippen molar-refractivity contribution in [2.75, 3.05) is 0 Å². The number of hydrogen-bond acceptors (Lipinski definition) is 2. The molecule has 6 heteroatoms. The van der Waals surface area contributed by atoms with Gasteiger partial charge < -0.3 is 5.32 Å². The van der Waals surface area contributed by atoms with Gasteiger partial charge in [-0.15, -0.1) is 0 Å². The number of carbonyl (C=O) groups excluding carboxylic acids is 1. The Hall–Kier alpha value is -1.59. The van der Waals surface area contributed by atoms with Gasteiger partial charge in [0.1, 0.15) is 5.69 Å². The highest BCUT2D eigenvalue weighted by atomic mass is 19.4. The quantitative estimate of drug-likeness (QED) is 0.887. The van der Waals surface area contributed by atoms with E-state index in [4.69, 9.17) is 0 Å². The molecule has 0 radical (unpaired) electrons. The Kier molecular flexibility index (Phi) is 3.62. The van der Waals surface area contributed by atoms with Gasteiger partial charge in [-0.25, -0.2) is 4.98 Å². The third-order valence-corrected chi connectivity index (χ3v) is 6.37. The maximum Gasteiger partial charge on any atom is 0.433 e. The first-order chi connectivity index (χ1) is 11.3. The molecule has 3 aliphatic carbocycles. The lowest BCUT2D eigenvalue weighted by Gasteiger charge is -2.32. The predicted molar refractivity (Wildman–Crippen MR) is 82.3 cm³/mol. The normalized spacial score (nSPS) is 34.4. The van der Waals surface area contributed by atoms with Gasteiger partial charge in [0.25, 0.3) is 5.91 Å². The summed E-state index contributed by atoms with van der Waals surface area (Å²) in [5, 5.41) is 3.08. The zero-order valence-electron chi connectivity index (χ0n) is 13.6. The van der Waals surface area contributed by atoms with E-state index in [1.807, 2.05) is 0 Å². The Morgan fingerprint density at radius 3 is 2.62 bits per heavy atom. The van der Waals surface area contributed by atoms with Crippen molar-refractivity contribution in [3.63, 3.8) is 0 Å². The van der Waals surface area contributed by atoms with Crippen LogP contribution in [0.15, 0.2) is 12.1 Å². The lowest BCUT2D eigenvalue weighted by molar-refractivity contribution is -0.141. The summed E-state index contributed by atoms with van der Waals surface area (Å²) in [5.74, 6) is 2.56. The lowest BCUT2D eigenvalue weighted by Crippen LogP contribution is -2.42. The second-order valence-electron chi connectivity index (χ2n) is 7.56. The van der Waals surface area contributed by atoms with E-state index in [-0.39, 0.29) is 23.2 Å². The molecule has 0 aliphatic heterocycles. The molecule has 2 bridgehead atoms. The topological polar surface area (TPSA) is 42.0 Å². The van der Waals surface area contributed by atoms with Gasteiger partial charge in [-0.05, 0) is 68.4 Å². The molecule has 1 amide bonds. The van der Waals surface area contributed by atoms with E-state index >= 15 is 0 Å². The lowest BCUT2D eigenvalue weighted by atomic mass is 9.79. The first-order valence-corrected chi connectivity index (χ1v) is 8.70. The summed E-state index contributed by atoms with van der Waals surface area (Å²) >= 11 is 0. The second-order valence-corrected chi connectivity index (χ2v) is 7.56. The summed E-state index contributed by atoms with van der Waals surface area (Å²) in [5.41, 5.74) is -0.580. The molecule has 0 aromatic carbocycles. The van der Waals surface area contributed by atoms with E-state index in [0.29, 0.717) is 5.92 Å². The number of halogens is 3. The average molecular weight is 338 g/mol. The summed E-state index contributed by atoms with van der Waals surface area (Å²) in [6.45, 7) is 1.46. The Labute approximate surface area is 139 Å². The van der Waals surface area contributed by atoms with Crippen molar-refractivity contribution in [3.05, 3.63) is 29.1 Å².